The number of allylic oxidation sites excluding steroid dienone is 6. The van der Waals surface area contributed by atoms with Crippen LogP contribution in [0.4, 0.5) is 11.4 Å². The van der Waals surface area contributed by atoms with Crippen LogP contribution < -0.4 is 5.73 Å². The van der Waals surface area contributed by atoms with Crippen LogP contribution in [0.3, 0.4) is 0 Å². The molecule has 0 aliphatic heterocycles. The lowest BCUT2D eigenvalue weighted by Gasteiger charge is -2.05. The van der Waals surface area contributed by atoms with E-state index >= 15 is 0 Å². The molecule has 0 spiro atoms. The third-order valence-corrected chi connectivity index (χ3v) is 2.86. The molecule has 0 bridgehead atoms. The molecule has 1 aromatic carbocycles. The highest BCUT2D eigenvalue weighted by Gasteiger charge is 2.13. The summed E-state index contributed by atoms with van der Waals surface area (Å²) >= 11 is 0. The second-order valence-electron chi connectivity index (χ2n) is 4.24. The Balaban J connectivity index is 2.43. The molecule has 4 nitrogen and oxygen atoms in total. The fourth-order valence-corrected chi connectivity index (χ4v) is 1.84. The van der Waals surface area contributed by atoms with Crippen molar-refractivity contribution in [2.75, 3.05) is 5.73 Å². The van der Waals surface area contributed by atoms with E-state index in [4.69, 9.17) is 5.73 Å². The highest BCUT2D eigenvalue weighted by atomic mass is 16.6. The van der Waals surface area contributed by atoms with Gasteiger partial charge in [-0.25, -0.2) is 0 Å². The Hall–Kier alpha value is -2.36. The minimum absolute atomic E-state index is 0.0395. The van der Waals surface area contributed by atoms with Crippen molar-refractivity contribution in [2.45, 2.75) is 13.3 Å². The largest absolute Gasteiger partial charge is 0.393 e. The maximum Gasteiger partial charge on any atom is 0.292 e. The Labute approximate surface area is 105 Å². The highest BCUT2D eigenvalue weighted by molar-refractivity contribution is 5.74. The zero-order valence-electron chi connectivity index (χ0n) is 10.1. The van der Waals surface area contributed by atoms with Crippen LogP contribution in [0.5, 0.6) is 0 Å². The van der Waals surface area contributed by atoms with Crippen molar-refractivity contribution < 1.29 is 4.92 Å². The van der Waals surface area contributed by atoms with Gasteiger partial charge in [-0.3, -0.25) is 10.1 Å². The van der Waals surface area contributed by atoms with E-state index in [0.717, 1.165) is 23.1 Å². The minimum atomic E-state index is -0.451. The topological polar surface area (TPSA) is 69.2 Å². The summed E-state index contributed by atoms with van der Waals surface area (Å²) in [5.41, 5.74) is 8.79. The Morgan fingerprint density at radius 2 is 2.11 bits per heavy atom. The smallest absolute Gasteiger partial charge is 0.292 e. The molecule has 0 radical (unpaired) electrons. The first-order valence-corrected chi connectivity index (χ1v) is 5.66. The summed E-state index contributed by atoms with van der Waals surface area (Å²) in [6, 6.07) is 4.93. The maximum atomic E-state index is 10.9. The molecule has 0 saturated heterocycles. The standard InChI is InChI=1S/C14H14N2O2/c1-10-3-2-4-11(6-5-10)12-7-8-13(15)14(9-12)16(17)18/h2-3,5-9H,4,15H2,1H3. The molecule has 1 aliphatic carbocycles. The average Bonchev–Trinajstić information content (AvgIpc) is 2.54. The molecule has 4 heteroatoms. The van der Waals surface area contributed by atoms with Gasteiger partial charge >= 0.3 is 0 Å². The molecule has 1 aromatic rings. The normalized spacial score (nSPS) is 14.7. The van der Waals surface area contributed by atoms with E-state index in [-0.39, 0.29) is 11.4 Å². The van der Waals surface area contributed by atoms with Crippen LogP contribution in [0.2, 0.25) is 0 Å². The number of nitrogens with two attached hydrogens (primary N) is 1. The maximum absolute atomic E-state index is 10.9. The summed E-state index contributed by atoms with van der Waals surface area (Å²) in [6.45, 7) is 2.02. The van der Waals surface area contributed by atoms with Gasteiger partial charge < -0.3 is 5.73 Å². The second-order valence-corrected chi connectivity index (χ2v) is 4.24. The van der Waals surface area contributed by atoms with Gasteiger partial charge in [0.15, 0.2) is 0 Å². The number of nitrogens with zero attached hydrogens (tertiary/aromatic N) is 1. The molecule has 0 atom stereocenters. The molecule has 2 rings (SSSR count). The number of hydrogen-bond acceptors (Lipinski definition) is 3. The van der Waals surface area contributed by atoms with E-state index in [1.54, 1.807) is 6.07 Å². The first-order valence-electron chi connectivity index (χ1n) is 5.66. The lowest BCUT2D eigenvalue weighted by Crippen LogP contribution is -1.96. The predicted molar refractivity (Wildman–Crippen MR) is 73.0 cm³/mol. The van der Waals surface area contributed by atoms with E-state index in [0.29, 0.717) is 0 Å². The van der Waals surface area contributed by atoms with E-state index < -0.39 is 4.92 Å². The molecular weight excluding hydrogens is 228 g/mol. The first-order chi connectivity index (χ1) is 8.58. The van der Waals surface area contributed by atoms with Gasteiger partial charge in [0.2, 0.25) is 0 Å². The third kappa shape index (κ3) is 2.48. The van der Waals surface area contributed by atoms with Crippen LogP contribution in [-0.4, -0.2) is 4.92 Å². The fourth-order valence-electron chi connectivity index (χ4n) is 1.84. The van der Waals surface area contributed by atoms with Gasteiger partial charge in [-0.05, 0) is 30.5 Å². The Morgan fingerprint density at radius 1 is 1.33 bits per heavy atom. The average molecular weight is 242 g/mol. The van der Waals surface area contributed by atoms with Gasteiger partial charge in [-0.15, -0.1) is 0 Å². The molecule has 0 unspecified atom stereocenters. The molecular formula is C14H14N2O2. The Kier molecular flexibility index (Phi) is 3.28. The zero-order chi connectivity index (χ0) is 13.1. The number of hydrogen-bond donors (Lipinski definition) is 1. The van der Waals surface area contributed by atoms with E-state index in [9.17, 15) is 10.1 Å². The van der Waals surface area contributed by atoms with Crippen molar-refractivity contribution in [2.24, 2.45) is 0 Å². The van der Waals surface area contributed by atoms with Crippen LogP contribution in [0.1, 0.15) is 18.9 Å². The van der Waals surface area contributed by atoms with Crippen molar-refractivity contribution in [3.05, 3.63) is 63.8 Å². The molecule has 0 amide bonds. The monoisotopic (exact) mass is 242 g/mol. The summed E-state index contributed by atoms with van der Waals surface area (Å²) in [5.74, 6) is 0. The number of anilines is 1. The van der Waals surface area contributed by atoms with E-state index in [2.05, 4.69) is 0 Å². The molecule has 0 saturated carbocycles. The Morgan fingerprint density at radius 3 is 2.83 bits per heavy atom. The molecule has 92 valence electrons. The van der Waals surface area contributed by atoms with Gasteiger partial charge in [-0.2, -0.15) is 0 Å². The van der Waals surface area contributed by atoms with E-state index in [1.165, 1.54) is 6.07 Å². The van der Waals surface area contributed by atoms with Crippen molar-refractivity contribution >= 4 is 16.9 Å². The van der Waals surface area contributed by atoms with Crippen LogP contribution in [0.15, 0.2) is 48.1 Å². The second kappa shape index (κ2) is 4.87. The van der Waals surface area contributed by atoms with Crippen LogP contribution >= 0.6 is 0 Å². The minimum Gasteiger partial charge on any atom is -0.393 e. The quantitative estimate of drug-likeness (QED) is 0.490. The van der Waals surface area contributed by atoms with Crippen molar-refractivity contribution in [1.29, 1.82) is 0 Å². The van der Waals surface area contributed by atoms with Crippen LogP contribution in [0, 0.1) is 10.1 Å². The lowest BCUT2D eigenvalue weighted by molar-refractivity contribution is -0.383. The van der Waals surface area contributed by atoms with Crippen LogP contribution in [0.25, 0.3) is 5.57 Å². The fraction of sp³-hybridized carbons (Fsp3) is 0.143. The first kappa shape index (κ1) is 12.1. The Bertz CT molecular complexity index is 583. The van der Waals surface area contributed by atoms with Crippen molar-refractivity contribution in [3.8, 4) is 0 Å². The highest BCUT2D eigenvalue weighted by Crippen LogP contribution is 2.29. The molecule has 0 aromatic heterocycles. The zero-order valence-corrected chi connectivity index (χ0v) is 10.1. The summed E-state index contributed by atoms with van der Waals surface area (Å²) in [6.07, 6.45) is 8.84. The SMILES string of the molecule is CC1=CC=C(c2ccc(N)c([N+](=O)[O-])c2)CC=C1. The number of nitro benzene ring substituents is 1. The van der Waals surface area contributed by atoms with Gasteiger partial charge in [0.25, 0.3) is 5.69 Å². The molecule has 1 aliphatic rings. The van der Waals surface area contributed by atoms with Gasteiger partial charge in [0, 0.05) is 6.07 Å². The number of rotatable bonds is 2. The van der Waals surface area contributed by atoms with Crippen LogP contribution in [-0.2, 0) is 0 Å². The summed E-state index contributed by atoms with van der Waals surface area (Å²) < 4.78 is 0. The summed E-state index contributed by atoms with van der Waals surface area (Å²) in [7, 11) is 0. The number of nitro groups is 1. The third-order valence-electron chi connectivity index (χ3n) is 2.86. The lowest BCUT2D eigenvalue weighted by atomic mass is 10.0. The van der Waals surface area contributed by atoms with Crippen molar-refractivity contribution in [1.82, 2.24) is 0 Å². The van der Waals surface area contributed by atoms with Crippen molar-refractivity contribution in [3.63, 3.8) is 0 Å². The molecule has 0 heterocycles. The van der Waals surface area contributed by atoms with E-state index in [1.807, 2.05) is 37.3 Å². The van der Waals surface area contributed by atoms with Gasteiger partial charge in [0.1, 0.15) is 5.69 Å². The molecule has 18 heavy (non-hydrogen) atoms. The predicted octanol–water partition coefficient (Wildman–Crippen LogP) is 3.47. The van der Waals surface area contributed by atoms with Gasteiger partial charge in [-0.1, -0.05) is 35.9 Å². The molecule has 2 N–H and O–H groups in total. The number of benzene rings is 1. The van der Waals surface area contributed by atoms with Gasteiger partial charge in [0.05, 0.1) is 4.92 Å². The summed E-state index contributed by atoms with van der Waals surface area (Å²) in [4.78, 5) is 10.4. The molecule has 0 fully saturated rings. The number of nitrogen functional groups attached to an aromatic ring is 1. The summed E-state index contributed by atoms with van der Waals surface area (Å²) in [5, 5.41) is 10.9.